The van der Waals surface area contributed by atoms with Crippen LogP contribution in [0.25, 0.3) is 0 Å². The fourth-order valence-corrected chi connectivity index (χ4v) is 0.774. The van der Waals surface area contributed by atoms with Gasteiger partial charge in [0.2, 0.25) is 0 Å². The molecule has 0 aliphatic carbocycles. The van der Waals surface area contributed by atoms with Gasteiger partial charge in [-0.05, 0) is 12.0 Å². The van der Waals surface area contributed by atoms with Gasteiger partial charge in [-0.3, -0.25) is 0 Å². The van der Waals surface area contributed by atoms with Gasteiger partial charge in [0.05, 0.1) is 0 Å². The molecule has 0 amide bonds. The van der Waals surface area contributed by atoms with Gasteiger partial charge in [0, 0.05) is 6.61 Å². The molecule has 12 heavy (non-hydrogen) atoms. The van der Waals surface area contributed by atoms with E-state index in [1.807, 2.05) is 30.3 Å². The number of rotatable bonds is 2. The van der Waals surface area contributed by atoms with Crippen molar-refractivity contribution < 1.29 is 29.9 Å². The molecule has 1 aromatic rings. The Balaban J connectivity index is -0.000000270. The summed E-state index contributed by atoms with van der Waals surface area (Å²) in [6, 6.07) is 9.95. The van der Waals surface area contributed by atoms with Crippen LogP contribution in [0.5, 0.6) is 0 Å². The quantitative estimate of drug-likeness (QED) is 0.506. The first-order valence-electron chi connectivity index (χ1n) is 3.08. The third kappa shape index (κ3) is 7.66. The minimum atomic E-state index is 0. The predicted octanol–water partition coefficient (Wildman–Crippen LogP) is -5.15. The van der Waals surface area contributed by atoms with Crippen molar-refractivity contribution in [2.75, 3.05) is 6.61 Å². The average molecular weight is 233 g/mol. The first kappa shape index (κ1) is 18.7. The van der Waals surface area contributed by atoms with Gasteiger partial charge in [0.25, 0.3) is 0 Å². The molecule has 0 aromatic heterocycles. The molecule has 0 atom stereocenters. The molecule has 0 fully saturated rings. The number of halogens is 2. The van der Waals surface area contributed by atoms with Gasteiger partial charge in [-0.25, -0.2) is 0 Å². The van der Waals surface area contributed by atoms with E-state index >= 15 is 0 Å². The van der Waals surface area contributed by atoms with Crippen molar-refractivity contribution in [2.24, 2.45) is 0 Å². The Labute approximate surface area is 115 Å². The standard InChI is InChI=1S/C8H10O.Ca.2ClH/c9-7-6-8-4-2-1-3-5-8;;;/h1-5,9H,6-7H2;;2*1H/q;+2;;/p-2. The van der Waals surface area contributed by atoms with Gasteiger partial charge in [-0.2, -0.15) is 0 Å². The summed E-state index contributed by atoms with van der Waals surface area (Å²) in [7, 11) is 0. The van der Waals surface area contributed by atoms with Crippen molar-refractivity contribution in [3.63, 3.8) is 0 Å². The number of aliphatic hydroxyl groups is 1. The normalized spacial score (nSPS) is 7.08. The zero-order chi connectivity index (χ0) is 6.53. The first-order chi connectivity index (χ1) is 4.43. The van der Waals surface area contributed by atoms with Crippen LogP contribution in [0.2, 0.25) is 0 Å². The van der Waals surface area contributed by atoms with Crippen molar-refractivity contribution in [3.8, 4) is 0 Å². The van der Waals surface area contributed by atoms with Crippen molar-refractivity contribution in [3.05, 3.63) is 35.9 Å². The Kier molecular flexibility index (Phi) is 18.8. The van der Waals surface area contributed by atoms with Crippen molar-refractivity contribution >= 4 is 37.7 Å². The first-order valence-corrected chi connectivity index (χ1v) is 3.08. The molecule has 0 aliphatic heterocycles. The zero-order valence-corrected chi connectivity index (χ0v) is 10.4. The van der Waals surface area contributed by atoms with E-state index < -0.39 is 0 Å². The van der Waals surface area contributed by atoms with Gasteiger partial charge in [0.1, 0.15) is 0 Å². The summed E-state index contributed by atoms with van der Waals surface area (Å²) in [5, 5.41) is 8.52. The topological polar surface area (TPSA) is 20.2 Å². The number of aliphatic hydroxyl groups excluding tert-OH is 1. The van der Waals surface area contributed by atoms with Crippen LogP contribution in [0.15, 0.2) is 30.3 Å². The summed E-state index contributed by atoms with van der Waals surface area (Å²) >= 11 is 0. The van der Waals surface area contributed by atoms with Gasteiger partial charge in [-0.15, -0.1) is 0 Å². The van der Waals surface area contributed by atoms with Crippen molar-refractivity contribution in [2.45, 2.75) is 6.42 Å². The Bertz CT molecular complexity index is 170. The van der Waals surface area contributed by atoms with Crippen LogP contribution in [0.1, 0.15) is 5.56 Å². The van der Waals surface area contributed by atoms with Gasteiger partial charge >= 0.3 is 37.7 Å². The Hall–Kier alpha value is 1.02. The molecule has 0 aliphatic rings. The Morgan fingerprint density at radius 3 is 1.92 bits per heavy atom. The van der Waals surface area contributed by atoms with E-state index in [1.165, 1.54) is 5.56 Å². The molecule has 0 saturated carbocycles. The van der Waals surface area contributed by atoms with Crippen LogP contribution in [-0.2, 0) is 6.42 Å². The van der Waals surface area contributed by atoms with Gasteiger partial charge < -0.3 is 29.9 Å². The maximum atomic E-state index is 8.52. The molecular weight excluding hydrogens is 223 g/mol. The third-order valence-electron chi connectivity index (χ3n) is 1.24. The molecule has 1 nitrogen and oxygen atoms in total. The molecule has 1 rings (SSSR count). The molecule has 0 unspecified atom stereocenters. The summed E-state index contributed by atoms with van der Waals surface area (Å²) in [5.74, 6) is 0. The van der Waals surface area contributed by atoms with E-state index in [0.29, 0.717) is 0 Å². The summed E-state index contributed by atoms with van der Waals surface area (Å²) in [4.78, 5) is 0. The van der Waals surface area contributed by atoms with Crippen molar-refractivity contribution in [1.29, 1.82) is 0 Å². The van der Waals surface area contributed by atoms with Crippen LogP contribution in [-0.4, -0.2) is 49.5 Å². The second-order valence-corrected chi connectivity index (χ2v) is 1.96. The molecule has 0 bridgehead atoms. The van der Waals surface area contributed by atoms with Crippen molar-refractivity contribution in [1.82, 2.24) is 0 Å². The van der Waals surface area contributed by atoms with Crippen LogP contribution >= 0.6 is 0 Å². The second-order valence-electron chi connectivity index (χ2n) is 1.96. The summed E-state index contributed by atoms with van der Waals surface area (Å²) in [6.07, 6.45) is 0.765. The molecule has 0 saturated heterocycles. The van der Waals surface area contributed by atoms with Crippen LogP contribution < -0.4 is 24.8 Å². The van der Waals surface area contributed by atoms with E-state index in [-0.39, 0.29) is 69.2 Å². The monoisotopic (exact) mass is 232 g/mol. The Morgan fingerprint density at radius 2 is 1.50 bits per heavy atom. The van der Waals surface area contributed by atoms with Gasteiger partial charge in [-0.1, -0.05) is 30.3 Å². The minimum Gasteiger partial charge on any atom is -1.00 e. The largest absolute Gasteiger partial charge is 2.00 e. The van der Waals surface area contributed by atoms with Crippen LogP contribution in [0.3, 0.4) is 0 Å². The summed E-state index contributed by atoms with van der Waals surface area (Å²) in [5.41, 5.74) is 1.19. The molecule has 0 heterocycles. The predicted molar refractivity (Wildman–Crippen MR) is 43.0 cm³/mol. The summed E-state index contributed by atoms with van der Waals surface area (Å²) in [6.45, 7) is 0.240. The van der Waals surface area contributed by atoms with E-state index in [2.05, 4.69) is 0 Å². The zero-order valence-electron chi connectivity index (χ0n) is 6.71. The Morgan fingerprint density at radius 1 is 1.00 bits per heavy atom. The average Bonchev–Trinajstić information content (AvgIpc) is 1.91. The van der Waals surface area contributed by atoms with E-state index in [0.717, 1.165) is 6.42 Å². The number of hydrogen-bond acceptors (Lipinski definition) is 1. The van der Waals surface area contributed by atoms with E-state index in [1.54, 1.807) is 0 Å². The molecule has 0 radical (unpaired) electrons. The minimum absolute atomic E-state index is 0. The number of benzene rings is 1. The molecule has 0 spiro atoms. The second kappa shape index (κ2) is 12.0. The van der Waals surface area contributed by atoms with E-state index in [4.69, 9.17) is 5.11 Å². The number of hydrogen-bond donors (Lipinski definition) is 1. The van der Waals surface area contributed by atoms with Crippen LogP contribution in [0, 0.1) is 0 Å². The van der Waals surface area contributed by atoms with Crippen LogP contribution in [0.4, 0.5) is 0 Å². The molecule has 64 valence electrons. The maximum absolute atomic E-state index is 8.52. The molecule has 1 aromatic carbocycles. The fourth-order valence-electron chi connectivity index (χ4n) is 0.774. The fraction of sp³-hybridized carbons (Fsp3) is 0.250. The molecular formula is C8H10CaCl2O. The molecule has 1 N–H and O–H groups in total. The SMILES string of the molecule is OCCc1ccccc1.[Ca+2].[Cl-].[Cl-]. The van der Waals surface area contributed by atoms with Gasteiger partial charge in [0.15, 0.2) is 0 Å². The third-order valence-corrected chi connectivity index (χ3v) is 1.24. The van der Waals surface area contributed by atoms with E-state index in [9.17, 15) is 0 Å². The summed E-state index contributed by atoms with van der Waals surface area (Å²) < 4.78 is 0. The molecule has 4 heteroatoms. The maximum Gasteiger partial charge on any atom is 2.00 e. The smallest absolute Gasteiger partial charge is 1.00 e.